The molecular weight excluding hydrogens is 474 g/mol. The number of aromatic nitrogens is 2. The monoisotopic (exact) mass is 505 g/mol. The molecule has 5 nitrogen and oxygen atoms in total. The molecule has 2 heterocycles. The van der Waals surface area contributed by atoms with Crippen LogP contribution in [0.15, 0.2) is 59.6 Å². The molecule has 3 aromatic rings. The second kappa shape index (κ2) is 11.2. The van der Waals surface area contributed by atoms with E-state index in [0.717, 1.165) is 53.1 Å². The summed E-state index contributed by atoms with van der Waals surface area (Å²) < 4.78 is 8.41. The summed E-state index contributed by atoms with van der Waals surface area (Å²) in [5.41, 5.74) is 4.67. The Balaban J connectivity index is 1.74. The number of ether oxygens (including phenoxy) is 1. The predicted molar refractivity (Wildman–Crippen MR) is 149 cm³/mol. The number of thiocarbonyl (C=S) groups is 1. The molecule has 1 amide bonds. The lowest BCUT2D eigenvalue weighted by atomic mass is 10.0. The average molecular weight is 506 g/mol. The molecule has 1 saturated heterocycles. The highest BCUT2D eigenvalue weighted by molar-refractivity contribution is 8.26. The van der Waals surface area contributed by atoms with E-state index >= 15 is 0 Å². The molecule has 0 saturated carbocycles. The van der Waals surface area contributed by atoms with Crippen molar-refractivity contribution in [3.63, 3.8) is 0 Å². The van der Waals surface area contributed by atoms with E-state index in [1.54, 1.807) is 4.90 Å². The van der Waals surface area contributed by atoms with Crippen LogP contribution in [0.4, 0.5) is 0 Å². The molecule has 182 valence electrons. The Kier molecular flexibility index (Phi) is 8.08. The van der Waals surface area contributed by atoms with Crippen molar-refractivity contribution in [2.75, 3.05) is 6.61 Å². The summed E-state index contributed by atoms with van der Waals surface area (Å²) in [6.07, 6.45) is 6.87. The molecular formula is C28H31N3O2S2. The molecule has 1 unspecified atom stereocenters. The first-order valence-electron chi connectivity index (χ1n) is 12.1. The van der Waals surface area contributed by atoms with Gasteiger partial charge in [0.25, 0.3) is 5.91 Å². The van der Waals surface area contributed by atoms with Crippen molar-refractivity contribution in [2.24, 2.45) is 0 Å². The van der Waals surface area contributed by atoms with Gasteiger partial charge in [-0.1, -0.05) is 62.4 Å². The van der Waals surface area contributed by atoms with Gasteiger partial charge in [0.05, 0.1) is 17.2 Å². The summed E-state index contributed by atoms with van der Waals surface area (Å²) in [7, 11) is 0. The lowest BCUT2D eigenvalue weighted by molar-refractivity contribution is -0.123. The molecule has 4 rings (SSSR count). The molecule has 1 atom stereocenters. The van der Waals surface area contributed by atoms with Crippen LogP contribution >= 0.6 is 24.0 Å². The standard InChI is InChI=1S/C28H31N3O2S2/c1-5-7-15-33-24-14-13-21(16-19(24)3)26-22(18-30(29-26)23-11-9-8-10-12-23)17-25-27(32)31(20(4)6-2)28(34)35-25/h8-14,16-18,20H,5-7,15H2,1-4H3/b25-17-. The second-order valence-corrected chi connectivity index (χ2v) is 10.4. The van der Waals surface area contributed by atoms with Crippen LogP contribution in [0, 0.1) is 6.92 Å². The van der Waals surface area contributed by atoms with E-state index in [-0.39, 0.29) is 11.9 Å². The maximum absolute atomic E-state index is 13.2. The van der Waals surface area contributed by atoms with Gasteiger partial charge in [0.15, 0.2) is 0 Å². The Hall–Kier alpha value is -2.90. The first kappa shape index (κ1) is 25.2. The van der Waals surface area contributed by atoms with Gasteiger partial charge in [-0.25, -0.2) is 4.68 Å². The van der Waals surface area contributed by atoms with E-state index in [0.29, 0.717) is 15.8 Å². The highest BCUT2D eigenvalue weighted by Gasteiger charge is 2.35. The zero-order chi connectivity index (χ0) is 24.9. The number of hydrogen-bond acceptors (Lipinski definition) is 5. The van der Waals surface area contributed by atoms with Crippen LogP contribution in [0.25, 0.3) is 23.0 Å². The Morgan fingerprint density at radius 2 is 1.94 bits per heavy atom. The van der Waals surface area contributed by atoms with Gasteiger partial charge in [-0.15, -0.1) is 0 Å². The molecule has 0 aliphatic carbocycles. The largest absolute Gasteiger partial charge is 0.493 e. The van der Waals surface area contributed by atoms with E-state index in [1.165, 1.54) is 11.8 Å². The van der Waals surface area contributed by atoms with Gasteiger partial charge >= 0.3 is 0 Å². The zero-order valence-electron chi connectivity index (χ0n) is 20.7. The normalized spacial score (nSPS) is 15.8. The topological polar surface area (TPSA) is 47.4 Å². The molecule has 1 aliphatic heterocycles. The minimum Gasteiger partial charge on any atom is -0.493 e. The van der Waals surface area contributed by atoms with E-state index < -0.39 is 0 Å². The lowest BCUT2D eigenvalue weighted by Crippen LogP contribution is -2.36. The summed E-state index contributed by atoms with van der Waals surface area (Å²) in [6.45, 7) is 9.01. The van der Waals surface area contributed by atoms with Crippen LogP contribution in [0.1, 0.15) is 51.2 Å². The number of hydrogen-bond donors (Lipinski definition) is 0. The van der Waals surface area contributed by atoms with Gasteiger partial charge in [0.2, 0.25) is 0 Å². The van der Waals surface area contributed by atoms with E-state index in [4.69, 9.17) is 22.1 Å². The van der Waals surface area contributed by atoms with Gasteiger partial charge in [-0.05, 0) is 68.7 Å². The van der Waals surface area contributed by atoms with Crippen molar-refractivity contribution in [3.8, 4) is 22.7 Å². The SMILES string of the molecule is CCCCOc1ccc(-c2nn(-c3ccccc3)cc2/C=C2\SC(=S)N(C(C)CC)C2=O)cc1C. The van der Waals surface area contributed by atoms with Crippen molar-refractivity contribution in [1.82, 2.24) is 14.7 Å². The molecule has 0 radical (unpaired) electrons. The summed E-state index contributed by atoms with van der Waals surface area (Å²) >= 11 is 6.89. The predicted octanol–water partition coefficient (Wildman–Crippen LogP) is 7.03. The zero-order valence-corrected chi connectivity index (χ0v) is 22.3. The fourth-order valence-electron chi connectivity index (χ4n) is 3.90. The number of unbranched alkanes of at least 4 members (excludes halogenated alkanes) is 1. The number of para-hydroxylation sites is 1. The Morgan fingerprint density at radius 1 is 1.17 bits per heavy atom. The molecule has 0 spiro atoms. The lowest BCUT2D eigenvalue weighted by Gasteiger charge is -2.21. The van der Waals surface area contributed by atoms with Crippen molar-refractivity contribution >= 4 is 40.3 Å². The van der Waals surface area contributed by atoms with Crippen LogP contribution < -0.4 is 4.74 Å². The minimum absolute atomic E-state index is 0.0383. The molecule has 1 aromatic heterocycles. The van der Waals surface area contributed by atoms with Crippen LogP contribution in [0.5, 0.6) is 5.75 Å². The number of benzene rings is 2. The molecule has 7 heteroatoms. The number of thioether (sulfide) groups is 1. The maximum Gasteiger partial charge on any atom is 0.266 e. The number of nitrogens with zero attached hydrogens (tertiary/aromatic N) is 3. The van der Waals surface area contributed by atoms with E-state index in [1.807, 2.05) is 66.3 Å². The summed E-state index contributed by atoms with van der Waals surface area (Å²) in [4.78, 5) is 15.5. The minimum atomic E-state index is -0.0383. The first-order valence-corrected chi connectivity index (χ1v) is 13.3. The van der Waals surface area contributed by atoms with Gasteiger partial charge in [-0.2, -0.15) is 5.10 Å². The average Bonchev–Trinajstić information content (AvgIpc) is 3.40. The number of rotatable bonds is 9. The second-order valence-electron chi connectivity index (χ2n) is 8.70. The van der Waals surface area contributed by atoms with Gasteiger partial charge in [0, 0.05) is 23.4 Å². The van der Waals surface area contributed by atoms with Gasteiger partial charge < -0.3 is 4.74 Å². The fraction of sp³-hybridized carbons (Fsp3) is 0.321. The molecule has 35 heavy (non-hydrogen) atoms. The van der Waals surface area contributed by atoms with Crippen LogP contribution in [0.2, 0.25) is 0 Å². The first-order chi connectivity index (χ1) is 16.9. The highest BCUT2D eigenvalue weighted by atomic mass is 32.2. The van der Waals surface area contributed by atoms with Gasteiger partial charge in [-0.3, -0.25) is 9.69 Å². The summed E-state index contributed by atoms with van der Waals surface area (Å²) in [5.74, 6) is 0.851. The number of carbonyl (C=O) groups excluding carboxylic acids is 1. The maximum atomic E-state index is 13.2. The summed E-state index contributed by atoms with van der Waals surface area (Å²) in [6, 6.07) is 16.2. The molecule has 1 fully saturated rings. The number of amides is 1. The number of carbonyl (C=O) groups is 1. The Bertz CT molecular complexity index is 1250. The summed E-state index contributed by atoms with van der Waals surface area (Å²) in [5, 5.41) is 4.92. The van der Waals surface area contributed by atoms with Gasteiger partial charge in [0.1, 0.15) is 15.8 Å². The quantitative estimate of drug-likeness (QED) is 0.178. The third kappa shape index (κ3) is 5.52. The van der Waals surface area contributed by atoms with Crippen molar-refractivity contribution in [3.05, 3.63) is 70.8 Å². The molecule has 0 bridgehead atoms. The molecule has 0 N–H and O–H groups in total. The third-order valence-corrected chi connectivity index (χ3v) is 7.44. The smallest absolute Gasteiger partial charge is 0.266 e. The Labute approximate surface area is 217 Å². The van der Waals surface area contributed by atoms with Crippen molar-refractivity contribution in [1.29, 1.82) is 0 Å². The van der Waals surface area contributed by atoms with Crippen molar-refractivity contribution < 1.29 is 9.53 Å². The fourth-order valence-corrected chi connectivity index (χ4v) is 5.35. The Morgan fingerprint density at radius 3 is 2.63 bits per heavy atom. The third-order valence-electron chi connectivity index (χ3n) is 6.11. The number of aryl methyl sites for hydroxylation is 1. The van der Waals surface area contributed by atoms with Crippen LogP contribution in [0.3, 0.4) is 0 Å². The van der Waals surface area contributed by atoms with Crippen LogP contribution in [-0.4, -0.2) is 37.6 Å². The van der Waals surface area contributed by atoms with Crippen molar-refractivity contribution in [2.45, 2.75) is 53.0 Å². The van der Waals surface area contributed by atoms with Crippen LogP contribution in [-0.2, 0) is 4.79 Å². The highest BCUT2D eigenvalue weighted by Crippen LogP contribution is 2.37. The van der Waals surface area contributed by atoms with E-state index in [2.05, 4.69) is 26.8 Å². The van der Waals surface area contributed by atoms with E-state index in [9.17, 15) is 4.79 Å². The molecule has 1 aliphatic rings. The molecule has 2 aromatic carbocycles.